The lowest BCUT2D eigenvalue weighted by Gasteiger charge is -2.28. The van der Waals surface area contributed by atoms with Crippen LogP contribution in [0, 0.1) is 0 Å². The SMILES string of the molecule is CCn1c2ccccc2c2cc(NP(=Nc3ccc(Br)cc3)(c3ccc(Br)cc3)c3ccc(Br)cc3)ccc21. The van der Waals surface area contributed by atoms with Crippen LogP contribution < -0.4 is 15.7 Å². The van der Waals surface area contributed by atoms with Crippen LogP contribution in [0.3, 0.4) is 0 Å². The molecular weight excluding hydrogens is 697 g/mol. The minimum Gasteiger partial charge on any atom is -0.345 e. The van der Waals surface area contributed by atoms with Gasteiger partial charge in [-0.15, -0.1) is 0 Å². The number of rotatable bonds is 6. The summed E-state index contributed by atoms with van der Waals surface area (Å²) < 4.78 is 11.0. The summed E-state index contributed by atoms with van der Waals surface area (Å²) in [6, 6.07) is 40.7. The van der Waals surface area contributed by atoms with E-state index in [9.17, 15) is 0 Å². The number of hydrogen-bond donors (Lipinski definition) is 1. The van der Waals surface area contributed by atoms with E-state index in [2.05, 4.69) is 167 Å². The van der Waals surface area contributed by atoms with Gasteiger partial charge in [0.15, 0.2) is 0 Å². The van der Waals surface area contributed by atoms with Crippen molar-refractivity contribution in [1.29, 1.82) is 0 Å². The monoisotopic (exact) mass is 719 g/mol. The number of fused-ring (bicyclic) bond motifs is 3. The number of aryl methyl sites for hydroxylation is 1. The number of benzene rings is 5. The van der Waals surface area contributed by atoms with Crippen LogP contribution in [0.4, 0.5) is 11.4 Å². The summed E-state index contributed by atoms with van der Waals surface area (Å²) in [5.41, 5.74) is 4.47. The van der Waals surface area contributed by atoms with Gasteiger partial charge in [-0.1, -0.05) is 66.0 Å². The average molecular weight is 722 g/mol. The van der Waals surface area contributed by atoms with E-state index in [0.717, 1.165) is 41.9 Å². The lowest BCUT2D eigenvalue weighted by atomic mass is 10.1. The molecule has 0 unspecified atom stereocenters. The normalized spacial score (nSPS) is 11.7. The molecule has 0 radical (unpaired) electrons. The van der Waals surface area contributed by atoms with Crippen molar-refractivity contribution in [2.24, 2.45) is 4.74 Å². The van der Waals surface area contributed by atoms with Gasteiger partial charge in [0.05, 0.1) is 5.69 Å². The third-order valence-corrected chi connectivity index (χ3v) is 11.7. The highest BCUT2D eigenvalue weighted by Crippen LogP contribution is 2.51. The van der Waals surface area contributed by atoms with Gasteiger partial charge in [-0.3, -0.25) is 0 Å². The van der Waals surface area contributed by atoms with Crippen LogP contribution in [0.25, 0.3) is 21.8 Å². The van der Waals surface area contributed by atoms with Gasteiger partial charge < -0.3 is 9.65 Å². The Balaban J connectivity index is 1.62. The van der Waals surface area contributed by atoms with Gasteiger partial charge in [0.25, 0.3) is 0 Å². The van der Waals surface area contributed by atoms with Crippen molar-refractivity contribution in [1.82, 2.24) is 4.57 Å². The van der Waals surface area contributed by atoms with Crippen LogP contribution in [-0.2, 0) is 6.54 Å². The van der Waals surface area contributed by atoms with E-state index in [-0.39, 0.29) is 0 Å². The average Bonchev–Trinajstić information content (AvgIpc) is 3.27. The van der Waals surface area contributed by atoms with Gasteiger partial charge in [0.2, 0.25) is 0 Å². The van der Waals surface area contributed by atoms with Crippen molar-refractivity contribution in [3.05, 3.63) is 129 Å². The largest absolute Gasteiger partial charge is 0.345 e. The highest BCUT2D eigenvalue weighted by molar-refractivity contribution is 9.11. The molecule has 1 heterocycles. The van der Waals surface area contributed by atoms with Crippen molar-refractivity contribution < 1.29 is 0 Å². The zero-order valence-corrected chi connectivity index (χ0v) is 26.8. The molecule has 0 atom stereocenters. The Labute approximate surface area is 253 Å². The number of anilines is 1. The first kappa shape index (κ1) is 26.6. The van der Waals surface area contributed by atoms with Crippen molar-refractivity contribution in [3.63, 3.8) is 0 Å². The Bertz CT molecular complexity index is 1790. The Morgan fingerprint density at radius 2 is 1.18 bits per heavy atom. The molecule has 194 valence electrons. The van der Waals surface area contributed by atoms with Gasteiger partial charge in [-0.05, 0) is 104 Å². The van der Waals surface area contributed by atoms with Crippen molar-refractivity contribution >= 4 is 98.8 Å². The minimum absolute atomic E-state index is 0.921. The number of halogens is 3. The molecule has 6 aromatic rings. The van der Waals surface area contributed by atoms with Crippen LogP contribution in [0.5, 0.6) is 0 Å². The van der Waals surface area contributed by atoms with E-state index in [1.54, 1.807) is 0 Å². The molecule has 0 saturated carbocycles. The van der Waals surface area contributed by atoms with Crippen LogP contribution in [0.15, 0.2) is 133 Å². The highest BCUT2D eigenvalue weighted by atomic mass is 79.9. The van der Waals surface area contributed by atoms with Gasteiger partial charge in [-0.2, -0.15) is 0 Å². The number of hydrogen-bond acceptors (Lipinski definition) is 1. The number of nitrogens with one attached hydrogen (secondary N) is 1. The predicted molar refractivity (Wildman–Crippen MR) is 179 cm³/mol. The van der Waals surface area contributed by atoms with Crippen LogP contribution in [0.2, 0.25) is 0 Å². The summed E-state index contributed by atoms with van der Waals surface area (Å²) in [6.07, 6.45) is 0. The van der Waals surface area contributed by atoms with Crippen molar-refractivity contribution in [2.75, 3.05) is 5.09 Å². The highest BCUT2D eigenvalue weighted by Gasteiger charge is 2.26. The van der Waals surface area contributed by atoms with E-state index in [0.29, 0.717) is 0 Å². The van der Waals surface area contributed by atoms with Crippen molar-refractivity contribution in [2.45, 2.75) is 13.5 Å². The van der Waals surface area contributed by atoms with Crippen LogP contribution in [-0.4, -0.2) is 4.57 Å². The molecule has 6 rings (SSSR count). The minimum atomic E-state index is -2.53. The zero-order valence-electron chi connectivity index (χ0n) is 21.2. The number of nitrogens with zero attached hydrogens (tertiary/aromatic N) is 2. The molecule has 3 nitrogen and oxygen atoms in total. The second-order valence-electron chi connectivity index (χ2n) is 9.27. The topological polar surface area (TPSA) is 29.3 Å². The van der Waals surface area contributed by atoms with Crippen LogP contribution >= 0.6 is 55.0 Å². The van der Waals surface area contributed by atoms with Crippen LogP contribution in [0.1, 0.15) is 6.92 Å². The Hall–Kier alpha value is -2.63. The molecule has 1 aromatic heterocycles. The lowest BCUT2D eigenvalue weighted by Crippen LogP contribution is -2.22. The maximum Gasteiger partial charge on any atom is 0.115 e. The molecule has 7 heteroatoms. The smallest absolute Gasteiger partial charge is 0.115 e. The summed E-state index contributed by atoms with van der Waals surface area (Å²) in [5, 5.41) is 8.80. The summed E-state index contributed by atoms with van der Waals surface area (Å²) in [5.74, 6) is 0. The van der Waals surface area contributed by atoms with Gasteiger partial charge >= 0.3 is 0 Å². The predicted octanol–water partition coefficient (Wildman–Crippen LogP) is 10.6. The van der Waals surface area contributed by atoms with E-state index < -0.39 is 7.21 Å². The molecule has 1 N–H and O–H groups in total. The molecule has 0 spiro atoms. The second-order valence-corrected chi connectivity index (χ2v) is 14.7. The fourth-order valence-corrected chi connectivity index (χ4v) is 8.85. The molecule has 0 aliphatic rings. The first-order valence-electron chi connectivity index (χ1n) is 12.7. The standard InChI is InChI=1S/C32H25Br3N3P/c1-2-38-31-6-4-3-5-29(31)30-21-26(15-20-32(30)38)37-39(27-16-9-23(34)10-17-27,28-18-11-24(35)12-19-28)36-25-13-7-22(33)8-14-25/h3-21,37H,2H2,1H3. The quantitative estimate of drug-likeness (QED) is 0.171. The summed E-state index contributed by atoms with van der Waals surface area (Å²) in [7, 11) is -2.53. The first-order valence-corrected chi connectivity index (χ1v) is 16.8. The van der Waals surface area contributed by atoms with E-state index >= 15 is 0 Å². The molecule has 5 aromatic carbocycles. The number of para-hydroxylation sites is 1. The van der Waals surface area contributed by atoms with Gasteiger partial charge in [0, 0.05) is 58.1 Å². The molecule has 0 amide bonds. The van der Waals surface area contributed by atoms with Crippen molar-refractivity contribution in [3.8, 4) is 0 Å². The molecular formula is C32H25Br3N3P. The Morgan fingerprint density at radius 3 is 1.77 bits per heavy atom. The third kappa shape index (κ3) is 5.16. The fraction of sp³-hybridized carbons (Fsp3) is 0.0625. The fourth-order valence-electron chi connectivity index (χ4n) is 5.06. The molecule has 39 heavy (non-hydrogen) atoms. The summed E-state index contributed by atoms with van der Waals surface area (Å²) in [4.78, 5) is 0. The summed E-state index contributed by atoms with van der Waals surface area (Å²) >= 11 is 10.8. The Morgan fingerprint density at radius 1 is 0.641 bits per heavy atom. The van der Waals surface area contributed by atoms with Gasteiger partial charge in [0.1, 0.15) is 7.21 Å². The number of aromatic nitrogens is 1. The summed E-state index contributed by atoms with van der Waals surface area (Å²) in [6.45, 7) is 3.12. The molecule has 0 bridgehead atoms. The van der Waals surface area contributed by atoms with E-state index in [1.807, 2.05) is 12.1 Å². The molecule has 0 aliphatic heterocycles. The maximum atomic E-state index is 5.53. The zero-order chi connectivity index (χ0) is 27.0. The second kappa shape index (κ2) is 11.1. The maximum absolute atomic E-state index is 5.53. The third-order valence-electron chi connectivity index (χ3n) is 6.87. The lowest BCUT2D eigenvalue weighted by molar-refractivity contribution is 0.827. The first-order chi connectivity index (χ1) is 19.0. The molecule has 0 fully saturated rings. The van der Waals surface area contributed by atoms with E-state index in [1.165, 1.54) is 21.8 Å². The molecule has 0 aliphatic carbocycles. The Kier molecular flexibility index (Phi) is 7.56. The van der Waals surface area contributed by atoms with E-state index in [4.69, 9.17) is 4.74 Å². The molecule has 0 saturated heterocycles. The van der Waals surface area contributed by atoms with Gasteiger partial charge in [-0.25, -0.2) is 4.74 Å².